The van der Waals surface area contributed by atoms with Crippen LogP contribution in [0.3, 0.4) is 0 Å². The number of halogens is 3. The molecule has 0 saturated carbocycles. The molecule has 0 aliphatic heterocycles. The Morgan fingerprint density at radius 3 is 2.31 bits per heavy atom. The van der Waals surface area contributed by atoms with E-state index in [1.54, 1.807) is 25.1 Å². The van der Waals surface area contributed by atoms with E-state index in [0.29, 0.717) is 11.6 Å². The van der Waals surface area contributed by atoms with Crippen molar-refractivity contribution in [3.05, 3.63) is 59.7 Å². The second-order valence-corrected chi connectivity index (χ2v) is 6.20. The SMILES string of the molecule is C=Cc1c(CC)ccc2cc(/C(=C/C(O)(CN)C(F)(F)F)OCC)ccc12.CC. The number of rotatable bonds is 7. The second kappa shape index (κ2) is 10.5. The van der Waals surface area contributed by atoms with E-state index in [4.69, 9.17) is 10.5 Å². The summed E-state index contributed by atoms with van der Waals surface area (Å²) in [6.45, 7) is 10.7. The number of benzene rings is 2. The van der Waals surface area contributed by atoms with Gasteiger partial charge in [-0.25, -0.2) is 0 Å². The monoisotopic (exact) mass is 409 g/mol. The Bertz CT molecular complexity index is 859. The molecule has 6 heteroatoms. The van der Waals surface area contributed by atoms with Crippen molar-refractivity contribution in [3.63, 3.8) is 0 Å². The third kappa shape index (κ3) is 5.40. The Labute approximate surface area is 170 Å². The summed E-state index contributed by atoms with van der Waals surface area (Å²) in [5.41, 5.74) is 4.60. The number of aliphatic hydroxyl groups is 1. The number of aryl methyl sites for hydroxylation is 1. The first-order chi connectivity index (χ1) is 13.7. The average Bonchev–Trinajstić information content (AvgIpc) is 2.72. The summed E-state index contributed by atoms with van der Waals surface area (Å²) in [6.07, 6.45) is -1.64. The molecule has 0 radical (unpaired) electrons. The van der Waals surface area contributed by atoms with Crippen molar-refractivity contribution in [2.24, 2.45) is 5.73 Å². The summed E-state index contributed by atoms with van der Waals surface area (Å²) >= 11 is 0. The van der Waals surface area contributed by atoms with Gasteiger partial charge in [0.25, 0.3) is 0 Å². The van der Waals surface area contributed by atoms with Crippen LogP contribution in [-0.2, 0) is 11.2 Å². The highest BCUT2D eigenvalue weighted by molar-refractivity contribution is 5.93. The fourth-order valence-corrected chi connectivity index (χ4v) is 2.94. The van der Waals surface area contributed by atoms with Crippen molar-refractivity contribution in [3.8, 4) is 0 Å². The Kier molecular flexibility index (Phi) is 8.92. The maximum absolute atomic E-state index is 13.2. The van der Waals surface area contributed by atoms with Gasteiger partial charge in [-0.3, -0.25) is 0 Å². The molecule has 160 valence electrons. The summed E-state index contributed by atoms with van der Waals surface area (Å²) in [6, 6.07) is 9.11. The van der Waals surface area contributed by atoms with Gasteiger partial charge in [-0.15, -0.1) is 0 Å². The van der Waals surface area contributed by atoms with Gasteiger partial charge in [-0.05, 0) is 41.3 Å². The largest absolute Gasteiger partial charge is 0.493 e. The summed E-state index contributed by atoms with van der Waals surface area (Å²) in [5, 5.41) is 11.8. The van der Waals surface area contributed by atoms with Crippen molar-refractivity contribution in [1.29, 1.82) is 0 Å². The van der Waals surface area contributed by atoms with Crippen LogP contribution in [0.2, 0.25) is 0 Å². The van der Waals surface area contributed by atoms with E-state index < -0.39 is 18.3 Å². The van der Waals surface area contributed by atoms with Crippen molar-refractivity contribution in [2.75, 3.05) is 13.2 Å². The number of hydrogen-bond donors (Lipinski definition) is 2. The molecule has 1 unspecified atom stereocenters. The molecule has 3 nitrogen and oxygen atoms in total. The van der Waals surface area contributed by atoms with E-state index in [2.05, 4.69) is 6.58 Å². The molecule has 0 heterocycles. The summed E-state index contributed by atoms with van der Waals surface area (Å²) in [7, 11) is 0. The van der Waals surface area contributed by atoms with Gasteiger partial charge in [0.05, 0.1) is 6.61 Å². The molecule has 0 spiro atoms. The van der Waals surface area contributed by atoms with Gasteiger partial charge in [0, 0.05) is 18.2 Å². The fraction of sp³-hybridized carbons (Fsp3) is 0.391. The Morgan fingerprint density at radius 1 is 1.17 bits per heavy atom. The fourth-order valence-electron chi connectivity index (χ4n) is 2.94. The van der Waals surface area contributed by atoms with E-state index >= 15 is 0 Å². The summed E-state index contributed by atoms with van der Waals surface area (Å²) < 4.78 is 45.0. The predicted molar refractivity (Wildman–Crippen MR) is 114 cm³/mol. The number of fused-ring (bicyclic) bond motifs is 1. The molecule has 2 rings (SSSR count). The van der Waals surface area contributed by atoms with Gasteiger partial charge >= 0.3 is 6.18 Å². The lowest BCUT2D eigenvalue weighted by Gasteiger charge is -2.27. The Hall–Kier alpha value is -2.31. The normalized spacial score (nSPS) is 14.0. The molecule has 2 aromatic carbocycles. The molecule has 0 bridgehead atoms. The smallest absolute Gasteiger partial charge is 0.422 e. The molecule has 3 N–H and O–H groups in total. The van der Waals surface area contributed by atoms with Crippen LogP contribution in [-0.4, -0.2) is 30.0 Å². The number of alkyl halides is 3. The highest BCUT2D eigenvalue weighted by Crippen LogP contribution is 2.34. The van der Waals surface area contributed by atoms with E-state index in [9.17, 15) is 18.3 Å². The van der Waals surface area contributed by atoms with Crippen molar-refractivity contribution in [2.45, 2.75) is 45.9 Å². The van der Waals surface area contributed by atoms with Crippen LogP contribution < -0.4 is 5.73 Å². The highest BCUT2D eigenvalue weighted by atomic mass is 19.4. The van der Waals surface area contributed by atoms with Crippen molar-refractivity contribution in [1.82, 2.24) is 0 Å². The van der Waals surface area contributed by atoms with Crippen LogP contribution in [0.15, 0.2) is 43.0 Å². The maximum atomic E-state index is 13.2. The molecule has 0 aliphatic carbocycles. The van der Waals surface area contributed by atoms with Crippen LogP contribution in [0.25, 0.3) is 22.6 Å². The zero-order valence-electron chi connectivity index (χ0n) is 17.4. The first-order valence-corrected chi connectivity index (χ1v) is 9.74. The molecule has 1 atom stereocenters. The zero-order valence-corrected chi connectivity index (χ0v) is 17.4. The van der Waals surface area contributed by atoms with E-state index in [1.165, 1.54) is 0 Å². The van der Waals surface area contributed by atoms with Crippen LogP contribution in [0.4, 0.5) is 13.2 Å². The zero-order chi connectivity index (χ0) is 22.2. The predicted octanol–water partition coefficient (Wildman–Crippen LogP) is 5.70. The minimum absolute atomic E-state index is 0.0654. The van der Waals surface area contributed by atoms with Crippen LogP contribution in [0, 0.1) is 0 Å². The van der Waals surface area contributed by atoms with Crippen molar-refractivity contribution >= 4 is 22.6 Å². The number of hydrogen-bond acceptors (Lipinski definition) is 3. The van der Waals surface area contributed by atoms with Crippen LogP contribution >= 0.6 is 0 Å². The highest BCUT2D eigenvalue weighted by Gasteiger charge is 2.51. The Morgan fingerprint density at radius 2 is 1.83 bits per heavy atom. The molecule has 0 amide bonds. The molecular formula is C23H30F3NO2. The van der Waals surface area contributed by atoms with E-state index in [0.717, 1.165) is 28.3 Å². The van der Waals surface area contributed by atoms with Gasteiger partial charge < -0.3 is 15.6 Å². The third-order valence-corrected chi connectivity index (χ3v) is 4.49. The minimum atomic E-state index is -4.91. The summed E-state index contributed by atoms with van der Waals surface area (Å²) in [4.78, 5) is 0. The third-order valence-electron chi connectivity index (χ3n) is 4.49. The van der Waals surface area contributed by atoms with Gasteiger partial charge in [0.2, 0.25) is 0 Å². The second-order valence-electron chi connectivity index (χ2n) is 6.20. The molecule has 0 fully saturated rings. The van der Waals surface area contributed by atoms with Gasteiger partial charge in [0.1, 0.15) is 5.76 Å². The first kappa shape index (κ1) is 24.7. The standard InChI is InChI=1S/C21H24F3NO2.C2H6/c1-4-14-7-8-15-11-16(9-10-18(15)17(14)5-2)19(27-6-3)12-20(26,13-25)21(22,23)24;1-2/h5,7-12,26H,2,4,6,13,25H2,1,3H3;1-2H3/b19-12-;. The number of nitrogens with two attached hydrogens (primary N) is 1. The van der Waals surface area contributed by atoms with Gasteiger partial charge in [0.15, 0.2) is 5.60 Å². The lowest BCUT2D eigenvalue weighted by molar-refractivity contribution is -0.235. The number of ether oxygens (including phenoxy) is 1. The quantitative estimate of drug-likeness (QED) is 0.577. The molecule has 0 aromatic heterocycles. The topological polar surface area (TPSA) is 55.5 Å². The minimum Gasteiger partial charge on any atom is -0.493 e. The molecule has 29 heavy (non-hydrogen) atoms. The molecular weight excluding hydrogens is 379 g/mol. The van der Waals surface area contributed by atoms with Crippen molar-refractivity contribution < 1.29 is 23.0 Å². The maximum Gasteiger partial charge on any atom is 0.422 e. The lowest BCUT2D eigenvalue weighted by atomic mass is 9.94. The molecule has 0 saturated heterocycles. The average molecular weight is 409 g/mol. The summed E-state index contributed by atoms with van der Waals surface area (Å²) in [5.74, 6) is -0.0654. The first-order valence-electron chi connectivity index (χ1n) is 9.74. The molecule has 0 aliphatic rings. The Balaban J connectivity index is 0.00000204. The lowest BCUT2D eigenvalue weighted by Crippen LogP contribution is -2.49. The van der Waals surface area contributed by atoms with E-state index in [-0.39, 0.29) is 12.4 Å². The van der Waals surface area contributed by atoms with Gasteiger partial charge in [-0.2, -0.15) is 13.2 Å². The molecule has 2 aromatic rings. The van der Waals surface area contributed by atoms with E-state index in [1.807, 2.05) is 39.0 Å². The van der Waals surface area contributed by atoms with Crippen LogP contribution in [0.5, 0.6) is 0 Å². The van der Waals surface area contributed by atoms with Crippen LogP contribution in [0.1, 0.15) is 44.4 Å². The van der Waals surface area contributed by atoms with Gasteiger partial charge in [-0.1, -0.05) is 57.7 Å².